The van der Waals surface area contributed by atoms with Gasteiger partial charge >= 0.3 is 0 Å². The SMILES string of the molecule is Clc1nc2ccccc2nc1-n1c2ccccc2c2cc(-n3c4ccccc4c4ccccc43)ccc21. The topological polar surface area (TPSA) is 35.6 Å². The number of hydrogen-bond donors (Lipinski definition) is 0. The molecule has 5 heteroatoms. The van der Waals surface area contributed by atoms with Gasteiger partial charge in [-0.2, -0.15) is 0 Å². The summed E-state index contributed by atoms with van der Waals surface area (Å²) in [6.07, 6.45) is 0. The standard InChI is InChI=1S/C32H19ClN4/c33-31-32(35-26-13-5-4-12-25(26)34-31)37-29-16-8-3-11-23(29)24-19-20(17-18-30(24)37)36-27-14-6-1-9-21(27)22-10-2-7-15-28(22)36/h1-19H. The summed E-state index contributed by atoms with van der Waals surface area (Å²) in [6, 6.07) is 40.0. The molecule has 0 aliphatic carbocycles. The number of para-hydroxylation sites is 5. The van der Waals surface area contributed by atoms with Crippen LogP contribution in [0, 0.1) is 0 Å². The second-order valence-corrected chi connectivity index (χ2v) is 9.61. The fraction of sp³-hybridized carbons (Fsp3) is 0. The van der Waals surface area contributed by atoms with Crippen molar-refractivity contribution in [3.8, 4) is 11.5 Å². The molecule has 8 aromatic rings. The monoisotopic (exact) mass is 494 g/mol. The second kappa shape index (κ2) is 7.66. The largest absolute Gasteiger partial charge is 0.309 e. The van der Waals surface area contributed by atoms with Crippen molar-refractivity contribution < 1.29 is 0 Å². The molecule has 0 atom stereocenters. The van der Waals surface area contributed by atoms with Crippen LogP contribution in [0.1, 0.15) is 0 Å². The maximum Gasteiger partial charge on any atom is 0.176 e. The van der Waals surface area contributed by atoms with Gasteiger partial charge < -0.3 is 4.57 Å². The molecule has 0 aliphatic heterocycles. The number of nitrogens with zero attached hydrogens (tertiary/aromatic N) is 4. The zero-order valence-electron chi connectivity index (χ0n) is 19.6. The first-order valence-electron chi connectivity index (χ1n) is 12.2. The highest BCUT2D eigenvalue weighted by Crippen LogP contribution is 2.37. The maximum absolute atomic E-state index is 6.74. The molecular formula is C32H19ClN4. The van der Waals surface area contributed by atoms with Gasteiger partial charge in [-0.15, -0.1) is 0 Å². The molecule has 0 amide bonds. The van der Waals surface area contributed by atoms with Gasteiger partial charge in [0.25, 0.3) is 0 Å². The molecule has 0 fully saturated rings. The number of rotatable bonds is 2. The summed E-state index contributed by atoms with van der Waals surface area (Å²) in [4.78, 5) is 9.58. The van der Waals surface area contributed by atoms with E-state index < -0.39 is 0 Å². The van der Waals surface area contributed by atoms with Crippen LogP contribution < -0.4 is 0 Å². The lowest BCUT2D eigenvalue weighted by atomic mass is 10.1. The number of fused-ring (bicyclic) bond motifs is 7. The second-order valence-electron chi connectivity index (χ2n) is 9.25. The first kappa shape index (κ1) is 20.5. The van der Waals surface area contributed by atoms with Crippen molar-refractivity contribution in [1.29, 1.82) is 0 Å². The zero-order valence-corrected chi connectivity index (χ0v) is 20.4. The average Bonchev–Trinajstić information content (AvgIpc) is 3.45. The van der Waals surface area contributed by atoms with Crippen LogP contribution in [0.5, 0.6) is 0 Å². The molecular weight excluding hydrogens is 476 g/mol. The average molecular weight is 495 g/mol. The molecule has 0 aliphatic rings. The third kappa shape index (κ3) is 2.90. The van der Waals surface area contributed by atoms with Crippen LogP contribution in [0.25, 0.3) is 66.2 Å². The van der Waals surface area contributed by atoms with E-state index in [0.717, 1.165) is 38.5 Å². The molecule has 0 N–H and O–H groups in total. The molecule has 0 bridgehead atoms. The normalized spacial score (nSPS) is 11.9. The van der Waals surface area contributed by atoms with Crippen molar-refractivity contribution in [2.24, 2.45) is 0 Å². The Hall–Kier alpha value is -4.67. The van der Waals surface area contributed by atoms with E-state index in [2.05, 4.69) is 99.0 Å². The van der Waals surface area contributed by atoms with E-state index in [1.54, 1.807) is 0 Å². The van der Waals surface area contributed by atoms with Crippen molar-refractivity contribution in [2.45, 2.75) is 0 Å². The Morgan fingerprint density at radius 2 is 0.946 bits per heavy atom. The van der Waals surface area contributed by atoms with Crippen LogP contribution in [0.4, 0.5) is 0 Å². The predicted molar refractivity (Wildman–Crippen MR) is 153 cm³/mol. The minimum Gasteiger partial charge on any atom is -0.309 e. The van der Waals surface area contributed by atoms with Crippen molar-refractivity contribution >= 4 is 66.2 Å². The Morgan fingerprint density at radius 3 is 1.59 bits per heavy atom. The van der Waals surface area contributed by atoms with Crippen molar-refractivity contribution in [3.63, 3.8) is 0 Å². The Morgan fingerprint density at radius 1 is 0.459 bits per heavy atom. The summed E-state index contributed by atoms with van der Waals surface area (Å²) >= 11 is 6.74. The highest BCUT2D eigenvalue weighted by atomic mass is 35.5. The minimum atomic E-state index is 0.382. The molecule has 3 heterocycles. The maximum atomic E-state index is 6.74. The van der Waals surface area contributed by atoms with Gasteiger partial charge in [-0.05, 0) is 48.5 Å². The minimum absolute atomic E-state index is 0.382. The summed E-state index contributed by atoms with van der Waals surface area (Å²) in [5, 5.41) is 5.16. The van der Waals surface area contributed by atoms with Crippen molar-refractivity contribution in [2.75, 3.05) is 0 Å². The van der Waals surface area contributed by atoms with E-state index in [9.17, 15) is 0 Å². The van der Waals surface area contributed by atoms with E-state index in [1.807, 2.05) is 30.3 Å². The molecule has 5 aromatic carbocycles. The van der Waals surface area contributed by atoms with Gasteiger partial charge in [0.2, 0.25) is 0 Å². The quantitative estimate of drug-likeness (QED) is 0.241. The molecule has 0 saturated heterocycles. The molecule has 4 nitrogen and oxygen atoms in total. The van der Waals surface area contributed by atoms with E-state index in [-0.39, 0.29) is 0 Å². The number of hydrogen-bond acceptors (Lipinski definition) is 2. The van der Waals surface area contributed by atoms with Gasteiger partial charge in [0.15, 0.2) is 11.0 Å². The van der Waals surface area contributed by atoms with Gasteiger partial charge in [-0.3, -0.25) is 4.57 Å². The molecule has 0 radical (unpaired) electrons. The lowest BCUT2D eigenvalue weighted by Crippen LogP contribution is -2.01. The van der Waals surface area contributed by atoms with Gasteiger partial charge in [0.05, 0.1) is 33.1 Å². The van der Waals surface area contributed by atoms with Gasteiger partial charge in [0, 0.05) is 27.2 Å². The summed E-state index contributed by atoms with van der Waals surface area (Å²) in [5.41, 5.74) is 7.18. The molecule has 0 saturated carbocycles. The Bertz CT molecular complexity index is 2120. The lowest BCUT2D eigenvalue weighted by Gasteiger charge is -2.11. The first-order chi connectivity index (χ1) is 18.3. The van der Waals surface area contributed by atoms with E-state index in [1.165, 1.54) is 21.8 Å². The molecule has 3 aromatic heterocycles. The van der Waals surface area contributed by atoms with E-state index in [0.29, 0.717) is 11.0 Å². The van der Waals surface area contributed by atoms with Crippen LogP contribution >= 0.6 is 11.6 Å². The zero-order chi connectivity index (χ0) is 24.5. The predicted octanol–water partition coefficient (Wildman–Crippen LogP) is 8.48. The summed E-state index contributed by atoms with van der Waals surface area (Å²) in [7, 11) is 0. The van der Waals surface area contributed by atoms with Gasteiger partial charge in [0.1, 0.15) is 0 Å². The van der Waals surface area contributed by atoms with Crippen LogP contribution in [-0.2, 0) is 0 Å². The summed E-state index contributed by atoms with van der Waals surface area (Å²) < 4.78 is 4.47. The number of benzene rings is 5. The highest BCUT2D eigenvalue weighted by Gasteiger charge is 2.18. The molecule has 0 spiro atoms. The molecule has 0 unspecified atom stereocenters. The third-order valence-electron chi connectivity index (χ3n) is 7.22. The van der Waals surface area contributed by atoms with Gasteiger partial charge in [-0.1, -0.05) is 78.3 Å². The van der Waals surface area contributed by atoms with Crippen LogP contribution in [0.3, 0.4) is 0 Å². The molecule has 8 rings (SSSR count). The van der Waals surface area contributed by atoms with Crippen molar-refractivity contribution in [3.05, 3.63) is 120 Å². The van der Waals surface area contributed by atoms with Crippen LogP contribution in [0.2, 0.25) is 5.15 Å². The fourth-order valence-electron chi connectivity index (χ4n) is 5.64. The van der Waals surface area contributed by atoms with Crippen molar-refractivity contribution in [1.82, 2.24) is 19.1 Å². The van der Waals surface area contributed by atoms with Crippen LogP contribution in [-0.4, -0.2) is 19.1 Å². The van der Waals surface area contributed by atoms with E-state index >= 15 is 0 Å². The summed E-state index contributed by atoms with van der Waals surface area (Å²) in [5.74, 6) is 0.635. The Labute approximate surface area is 217 Å². The number of halogens is 1. The highest BCUT2D eigenvalue weighted by molar-refractivity contribution is 6.31. The molecule has 174 valence electrons. The fourth-order valence-corrected chi connectivity index (χ4v) is 5.86. The summed E-state index contributed by atoms with van der Waals surface area (Å²) in [6.45, 7) is 0. The van der Waals surface area contributed by atoms with E-state index in [4.69, 9.17) is 16.6 Å². The van der Waals surface area contributed by atoms with Gasteiger partial charge in [-0.25, -0.2) is 9.97 Å². The smallest absolute Gasteiger partial charge is 0.176 e. The Balaban J connectivity index is 1.46. The third-order valence-corrected chi connectivity index (χ3v) is 7.47. The van der Waals surface area contributed by atoms with Crippen LogP contribution in [0.15, 0.2) is 115 Å². The lowest BCUT2D eigenvalue weighted by molar-refractivity contribution is 1.07. The Kier molecular flexibility index (Phi) is 4.25. The first-order valence-corrected chi connectivity index (χ1v) is 12.6. The number of aromatic nitrogens is 4. The molecule has 37 heavy (non-hydrogen) atoms.